The van der Waals surface area contributed by atoms with Gasteiger partial charge in [0, 0.05) is 17.7 Å². The zero-order valence-electron chi connectivity index (χ0n) is 22.6. The molecule has 6 rings (SSSR count). The minimum atomic E-state index is -0.564. The first-order valence-corrected chi connectivity index (χ1v) is 13.8. The second-order valence-electron chi connectivity index (χ2n) is 9.71. The number of nitro benzene ring substituents is 1. The lowest BCUT2D eigenvalue weighted by Gasteiger charge is -2.36. The third-order valence-electron chi connectivity index (χ3n) is 7.01. The first kappa shape index (κ1) is 27.5. The van der Waals surface area contributed by atoms with Crippen LogP contribution in [0.1, 0.15) is 11.1 Å². The SMILES string of the molecule is O=C1C(=Cc2c(OCc3cccc([N+](=O)[O-])c3)ccc3ccccc23)C(=O)N(c2ccccc2)C(=S)N1c1ccccc1. The highest BCUT2D eigenvalue weighted by molar-refractivity contribution is 7.81. The molecule has 0 saturated carbocycles. The molecule has 1 fully saturated rings. The van der Waals surface area contributed by atoms with Gasteiger partial charge in [0.15, 0.2) is 5.11 Å². The lowest BCUT2D eigenvalue weighted by Crippen LogP contribution is -2.56. The van der Waals surface area contributed by atoms with Crippen LogP contribution in [0.3, 0.4) is 0 Å². The van der Waals surface area contributed by atoms with E-state index in [0.717, 1.165) is 10.8 Å². The van der Waals surface area contributed by atoms with E-state index in [0.29, 0.717) is 28.3 Å². The molecule has 1 aliphatic rings. The lowest BCUT2D eigenvalue weighted by molar-refractivity contribution is -0.384. The minimum Gasteiger partial charge on any atom is -0.488 e. The standard InChI is InChI=1S/C34H23N3O5S/c38-32-30(33(39)36(26-14-5-2-6-15-26)34(43)35(32)25-12-3-1-4-13-25)21-29-28-17-8-7-11-24(28)18-19-31(29)42-22-23-10-9-16-27(20-23)37(40)41/h1-21H,22H2. The largest absolute Gasteiger partial charge is 0.488 e. The van der Waals surface area contributed by atoms with Gasteiger partial charge in [-0.25, -0.2) is 0 Å². The number of rotatable bonds is 7. The van der Waals surface area contributed by atoms with E-state index in [1.54, 1.807) is 72.8 Å². The average Bonchev–Trinajstić information content (AvgIpc) is 3.03. The number of carbonyl (C=O) groups is 2. The third-order valence-corrected chi connectivity index (χ3v) is 7.38. The number of para-hydroxylation sites is 2. The Labute approximate surface area is 252 Å². The molecular weight excluding hydrogens is 562 g/mol. The Morgan fingerprint density at radius 2 is 1.35 bits per heavy atom. The molecule has 210 valence electrons. The van der Waals surface area contributed by atoms with Crippen molar-refractivity contribution in [2.45, 2.75) is 6.61 Å². The molecule has 0 unspecified atom stereocenters. The fourth-order valence-electron chi connectivity index (χ4n) is 4.95. The molecule has 0 aromatic heterocycles. The van der Waals surface area contributed by atoms with Crippen molar-refractivity contribution in [3.05, 3.63) is 148 Å². The summed E-state index contributed by atoms with van der Waals surface area (Å²) in [6.45, 7) is 0.0362. The first-order chi connectivity index (χ1) is 20.9. The molecule has 9 heteroatoms. The number of carbonyl (C=O) groups excluding carboxylic acids is 2. The van der Waals surface area contributed by atoms with Crippen LogP contribution in [0.2, 0.25) is 0 Å². The summed E-state index contributed by atoms with van der Waals surface area (Å²) in [4.78, 5) is 41.7. The van der Waals surface area contributed by atoms with Gasteiger partial charge >= 0.3 is 0 Å². The molecule has 2 amide bonds. The van der Waals surface area contributed by atoms with E-state index in [2.05, 4.69) is 0 Å². The number of hydrogen-bond acceptors (Lipinski definition) is 6. The van der Waals surface area contributed by atoms with Crippen LogP contribution >= 0.6 is 12.2 Å². The van der Waals surface area contributed by atoms with Gasteiger partial charge in [-0.1, -0.05) is 78.9 Å². The fraction of sp³-hybridized carbons (Fsp3) is 0.0294. The predicted octanol–water partition coefficient (Wildman–Crippen LogP) is 7.08. The molecule has 5 aromatic rings. The molecule has 1 heterocycles. The molecule has 0 N–H and O–H groups in total. The number of ether oxygens (including phenoxy) is 1. The van der Waals surface area contributed by atoms with Crippen molar-refractivity contribution in [1.29, 1.82) is 0 Å². The summed E-state index contributed by atoms with van der Waals surface area (Å²) >= 11 is 5.72. The number of thiocarbonyl (C=S) groups is 1. The van der Waals surface area contributed by atoms with Gasteiger partial charge in [0.05, 0.1) is 16.3 Å². The summed E-state index contributed by atoms with van der Waals surface area (Å²) in [6.07, 6.45) is 1.55. The van der Waals surface area contributed by atoms with E-state index < -0.39 is 16.7 Å². The van der Waals surface area contributed by atoms with Crippen molar-refractivity contribution in [2.24, 2.45) is 0 Å². The predicted molar refractivity (Wildman–Crippen MR) is 170 cm³/mol. The number of amides is 2. The third kappa shape index (κ3) is 5.37. The number of nitro groups is 1. The number of hydrogen-bond donors (Lipinski definition) is 0. The molecule has 0 aliphatic carbocycles. The van der Waals surface area contributed by atoms with Crippen LogP contribution in [0.15, 0.2) is 127 Å². The molecule has 0 radical (unpaired) electrons. The van der Waals surface area contributed by atoms with Crippen molar-refractivity contribution in [3.8, 4) is 5.75 Å². The van der Waals surface area contributed by atoms with E-state index >= 15 is 0 Å². The zero-order chi connectivity index (χ0) is 29.9. The number of anilines is 2. The highest BCUT2D eigenvalue weighted by Gasteiger charge is 2.41. The minimum absolute atomic E-state index is 0.0362. The Bertz CT molecular complexity index is 1860. The van der Waals surface area contributed by atoms with Gasteiger partial charge in [-0.05, 0) is 65.0 Å². The molecule has 0 bridgehead atoms. The topological polar surface area (TPSA) is 93.0 Å². The summed E-state index contributed by atoms with van der Waals surface area (Å²) in [5.41, 5.74) is 2.03. The van der Waals surface area contributed by atoms with Crippen LogP contribution in [0.4, 0.5) is 17.1 Å². The number of fused-ring (bicyclic) bond motifs is 1. The summed E-state index contributed by atoms with van der Waals surface area (Å²) < 4.78 is 6.18. The maximum Gasteiger partial charge on any atom is 0.270 e. The highest BCUT2D eigenvalue weighted by Crippen LogP contribution is 2.35. The van der Waals surface area contributed by atoms with Gasteiger partial charge in [-0.3, -0.25) is 29.5 Å². The maximum absolute atomic E-state index is 14.1. The van der Waals surface area contributed by atoms with Gasteiger partial charge in [-0.2, -0.15) is 0 Å². The van der Waals surface area contributed by atoms with Crippen LogP contribution in [-0.4, -0.2) is 21.9 Å². The fourth-order valence-corrected chi connectivity index (χ4v) is 5.33. The molecule has 1 saturated heterocycles. The number of nitrogens with zero attached hydrogens (tertiary/aromatic N) is 3. The van der Waals surface area contributed by atoms with Crippen LogP contribution in [0, 0.1) is 10.1 Å². The molecule has 43 heavy (non-hydrogen) atoms. The summed E-state index contributed by atoms with van der Waals surface area (Å²) in [5, 5.41) is 13.0. The van der Waals surface area contributed by atoms with Crippen LogP contribution < -0.4 is 14.5 Å². The molecule has 8 nitrogen and oxygen atoms in total. The van der Waals surface area contributed by atoms with Gasteiger partial charge < -0.3 is 4.74 Å². The van der Waals surface area contributed by atoms with E-state index in [1.165, 1.54) is 21.9 Å². The smallest absolute Gasteiger partial charge is 0.270 e. The quantitative estimate of drug-likeness (QED) is 0.0667. The Morgan fingerprint density at radius 1 is 0.744 bits per heavy atom. The Morgan fingerprint density at radius 3 is 1.98 bits per heavy atom. The van der Waals surface area contributed by atoms with Gasteiger partial charge in [0.1, 0.15) is 17.9 Å². The van der Waals surface area contributed by atoms with Crippen molar-refractivity contribution >= 4 is 63.1 Å². The highest BCUT2D eigenvalue weighted by atomic mass is 32.1. The van der Waals surface area contributed by atoms with Crippen LogP contribution in [0.5, 0.6) is 5.75 Å². The van der Waals surface area contributed by atoms with Crippen molar-refractivity contribution in [3.63, 3.8) is 0 Å². The molecule has 0 spiro atoms. The summed E-state index contributed by atoms with van der Waals surface area (Å²) in [6, 6.07) is 35.3. The second kappa shape index (κ2) is 11.7. The number of non-ortho nitro benzene ring substituents is 1. The van der Waals surface area contributed by atoms with E-state index in [-0.39, 0.29) is 23.0 Å². The summed E-state index contributed by atoms with van der Waals surface area (Å²) in [7, 11) is 0. The normalized spacial score (nSPS) is 13.4. The molecular formula is C34H23N3O5S. The van der Waals surface area contributed by atoms with Crippen molar-refractivity contribution in [2.75, 3.05) is 9.80 Å². The molecule has 1 aliphatic heterocycles. The van der Waals surface area contributed by atoms with Gasteiger partial charge in [0.2, 0.25) is 0 Å². The monoisotopic (exact) mass is 585 g/mol. The Hall–Kier alpha value is -5.67. The van der Waals surface area contributed by atoms with E-state index in [4.69, 9.17) is 17.0 Å². The van der Waals surface area contributed by atoms with Gasteiger partial charge in [0.25, 0.3) is 17.5 Å². The van der Waals surface area contributed by atoms with E-state index in [9.17, 15) is 19.7 Å². The molecule has 5 aromatic carbocycles. The van der Waals surface area contributed by atoms with Crippen LogP contribution in [-0.2, 0) is 16.2 Å². The van der Waals surface area contributed by atoms with Crippen molar-refractivity contribution < 1.29 is 19.2 Å². The van der Waals surface area contributed by atoms with Crippen LogP contribution in [0.25, 0.3) is 16.8 Å². The molecule has 0 atom stereocenters. The second-order valence-corrected chi connectivity index (χ2v) is 10.1. The Balaban J connectivity index is 1.48. The van der Waals surface area contributed by atoms with Gasteiger partial charge in [-0.15, -0.1) is 0 Å². The zero-order valence-corrected chi connectivity index (χ0v) is 23.4. The Kier molecular flexibility index (Phi) is 7.46. The summed E-state index contributed by atoms with van der Waals surface area (Å²) in [5.74, 6) is -0.721. The maximum atomic E-state index is 14.1. The average molecular weight is 586 g/mol. The first-order valence-electron chi connectivity index (χ1n) is 13.3. The number of benzene rings is 5. The van der Waals surface area contributed by atoms with E-state index in [1.807, 2.05) is 42.5 Å². The lowest BCUT2D eigenvalue weighted by atomic mass is 9.99. The van der Waals surface area contributed by atoms with Crippen molar-refractivity contribution in [1.82, 2.24) is 0 Å².